The standard InChI is InChI=1S/C31H28F3N5O5S/c32-31(33,34)43-26-5-1-3-22(17-26)18-29-37-30(38-44-29)23-8-12-27(13-9-23)45(41,42)39-25-10-6-21(7-11-25)14-16-36-20-28(40)24-4-2-15-35-19-24/h1-13,15,17,19,28,36,39-40H,14,16,18,20H2/t28-/m0/s1. The molecule has 234 valence electrons. The van der Waals surface area contributed by atoms with E-state index in [4.69, 9.17) is 4.52 Å². The molecule has 5 rings (SSSR count). The summed E-state index contributed by atoms with van der Waals surface area (Å²) in [5, 5.41) is 17.3. The van der Waals surface area contributed by atoms with Crippen LogP contribution in [0, 0.1) is 0 Å². The van der Waals surface area contributed by atoms with Gasteiger partial charge in [0.25, 0.3) is 10.0 Å². The Bertz CT molecular complexity index is 1800. The Morgan fingerprint density at radius 1 is 0.956 bits per heavy atom. The van der Waals surface area contributed by atoms with Gasteiger partial charge < -0.3 is 19.7 Å². The average molecular weight is 640 g/mol. The van der Waals surface area contributed by atoms with E-state index in [0.29, 0.717) is 36.3 Å². The van der Waals surface area contributed by atoms with E-state index < -0.39 is 22.5 Å². The van der Waals surface area contributed by atoms with Gasteiger partial charge in [0.2, 0.25) is 11.7 Å². The molecule has 10 nitrogen and oxygen atoms in total. The molecule has 0 saturated heterocycles. The lowest BCUT2D eigenvalue weighted by molar-refractivity contribution is -0.274. The molecule has 2 aromatic heterocycles. The van der Waals surface area contributed by atoms with Gasteiger partial charge in [0, 0.05) is 35.8 Å². The number of nitrogens with zero attached hydrogens (tertiary/aromatic N) is 3. The van der Waals surface area contributed by atoms with Crippen molar-refractivity contribution in [2.75, 3.05) is 17.8 Å². The van der Waals surface area contributed by atoms with Crippen LogP contribution in [-0.4, -0.2) is 48.1 Å². The van der Waals surface area contributed by atoms with Gasteiger partial charge in [-0.05, 0) is 78.7 Å². The molecule has 0 radical (unpaired) electrons. The van der Waals surface area contributed by atoms with Gasteiger partial charge in [-0.3, -0.25) is 9.71 Å². The van der Waals surface area contributed by atoms with E-state index in [-0.39, 0.29) is 28.8 Å². The second-order valence-electron chi connectivity index (χ2n) is 9.97. The molecule has 0 amide bonds. The molecular weight excluding hydrogens is 611 g/mol. The third kappa shape index (κ3) is 9.11. The summed E-state index contributed by atoms with van der Waals surface area (Å²) in [4.78, 5) is 8.30. The minimum atomic E-state index is -4.80. The Hall–Kier alpha value is -4.79. The number of aliphatic hydroxyl groups excluding tert-OH is 1. The van der Waals surface area contributed by atoms with Crippen LogP contribution in [0.4, 0.5) is 18.9 Å². The summed E-state index contributed by atoms with van der Waals surface area (Å²) >= 11 is 0. The van der Waals surface area contributed by atoms with Crippen LogP contribution in [0.1, 0.15) is 28.7 Å². The molecule has 0 unspecified atom stereocenters. The predicted molar refractivity (Wildman–Crippen MR) is 159 cm³/mol. The minimum Gasteiger partial charge on any atom is -0.406 e. The van der Waals surface area contributed by atoms with Crippen LogP contribution in [0.25, 0.3) is 11.4 Å². The number of halogens is 3. The fraction of sp³-hybridized carbons (Fsp3) is 0.194. The molecule has 45 heavy (non-hydrogen) atoms. The predicted octanol–water partition coefficient (Wildman–Crippen LogP) is 5.29. The Balaban J connectivity index is 1.13. The van der Waals surface area contributed by atoms with E-state index in [2.05, 4.69) is 29.9 Å². The number of ether oxygens (including phenoxy) is 1. The van der Waals surface area contributed by atoms with Crippen molar-refractivity contribution < 1.29 is 36.0 Å². The molecular formula is C31H28F3N5O5S. The first kappa shape index (κ1) is 31.6. The summed E-state index contributed by atoms with van der Waals surface area (Å²) in [7, 11) is -3.89. The van der Waals surface area contributed by atoms with Gasteiger partial charge in [-0.1, -0.05) is 35.5 Å². The molecule has 3 aromatic carbocycles. The number of aliphatic hydroxyl groups is 1. The molecule has 0 aliphatic carbocycles. The molecule has 0 aliphatic rings. The van der Waals surface area contributed by atoms with Gasteiger partial charge in [0.05, 0.1) is 17.4 Å². The maximum Gasteiger partial charge on any atom is 0.573 e. The average Bonchev–Trinajstić information content (AvgIpc) is 3.48. The molecule has 0 saturated carbocycles. The van der Waals surface area contributed by atoms with E-state index in [1.807, 2.05) is 18.2 Å². The number of nitrogens with one attached hydrogen (secondary N) is 2. The molecule has 3 N–H and O–H groups in total. The van der Waals surface area contributed by atoms with E-state index in [0.717, 1.165) is 11.1 Å². The zero-order valence-electron chi connectivity index (χ0n) is 23.6. The van der Waals surface area contributed by atoms with Crippen LogP contribution in [0.5, 0.6) is 5.75 Å². The van der Waals surface area contributed by atoms with E-state index >= 15 is 0 Å². The number of pyridine rings is 1. The summed E-state index contributed by atoms with van der Waals surface area (Å²) in [5.74, 6) is -0.00122. The van der Waals surface area contributed by atoms with Crippen molar-refractivity contribution in [1.82, 2.24) is 20.4 Å². The molecule has 0 bridgehead atoms. The number of alkyl halides is 3. The third-order valence-electron chi connectivity index (χ3n) is 6.58. The van der Waals surface area contributed by atoms with Crippen LogP contribution in [0.15, 0.2) is 107 Å². The highest BCUT2D eigenvalue weighted by atomic mass is 32.2. The second-order valence-corrected chi connectivity index (χ2v) is 11.6. The number of aromatic nitrogens is 3. The fourth-order valence-electron chi connectivity index (χ4n) is 4.37. The molecule has 5 aromatic rings. The lowest BCUT2D eigenvalue weighted by Crippen LogP contribution is -2.23. The number of rotatable bonds is 13. The van der Waals surface area contributed by atoms with Crippen molar-refractivity contribution in [2.45, 2.75) is 30.2 Å². The van der Waals surface area contributed by atoms with Gasteiger partial charge in [0.1, 0.15) is 5.75 Å². The Kier molecular flexibility index (Phi) is 9.76. The number of anilines is 1. The van der Waals surface area contributed by atoms with Crippen LogP contribution < -0.4 is 14.8 Å². The highest BCUT2D eigenvalue weighted by Crippen LogP contribution is 2.25. The summed E-state index contributed by atoms with van der Waals surface area (Å²) in [5.41, 5.74) is 3.09. The number of benzene rings is 3. The quantitative estimate of drug-likeness (QED) is 0.147. The molecule has 0 fully saturated rings. The van der Waals surface area contributed by atoms with Crippen molar-refractivity contribution in [1.29, 1.82) is 0 Å². The first-order chi connectivity index (χ1) is 21.5. The SMILES string of the molecule is O=S(=O)(Nc1ccc(CCNC[C@H](O)c2cccnc2)cc1)c1ccc(-c2noc(Cc3cccc(OC(F)(F)F)c3)n2)cc1. The summed E-state index contributed by atoms with van der Waals surface area (Å²) in [6.45, 7) is 1.01. The van der Waals surface area contributed by atoms with Gasteiger partial charge in [-0.25, -0.2) is 8.42 Å². The summed E-state index contributed by atoms with van der Waals surface area (Å²) in [6, 6.07) is 21.9. The fourth-order valence-corrected chi connectivity index (χ4v) is 5.43. The normalized spacial score (nSPS) is 12.5. The molecule has 14 heteroatoms. The summed E-state index contributed by atoms with van der Waals surface area (Å²) < 4.78 is 75.2. The van der Waals surface area contributed by atoms with E-state index in [9.17, 15) is 26.7 Å². The molecule has 0 spiro atoms. The highest BCUT2D eigenvalue weighted by Gasteiger charge is 2.31. The first-order valence-electron chi connectivity index (χ1n) is 13.7. The van der Waals surface area contributed by atoms with Gasteiger partial charge in [0.15, 0.2) is 0 Å². The zero-order chi connectivity index (χ0) is 31.9. The van der Waals surface area contributed by atoms with Crippen LogP contribution >= 0.6 is 0 Å². The molecule has 0 aliphatic heterocycles. The zero-order valence-corrected chi connectivity index (χ0v) is 24.4. The maximum atomic E-state index is 13.0. The van der Waals surface area contributed by atoms with Gasteiger partial charge in [-0.15, -0.1) is 13.2 Å². The maximum absolute atomic E-state index is 13.0. The number of sulfonamides is 1. The van der Waals surface area contributed by atoms with Gasteiger partial charge in [-0.2, -0.15) is 4.98 Å². The van der Waals surface area contributed by atoms with Crippen molar-refractivity contribution in [3.8, 4) is 17.1 Å². The monoisotopic (exact) mass is 639 g/mol. The number of hydrogen-bond donors (Lipinski definition) is 3. The molecule has 2 heterocycles. The lowest BCUT2D eigenvalue weighted by atomic mass is 10.1. The van der Waals surface area contributed by atoms with Crippen LogP contribution in [0.2, 0.25) is 0 Å². The van der Waals surface area contributed by atoms with E-state index in [1.54, 1.807) is 36.7 Å². The topological polar surface area (TPSA) is 139 Å². The van der Waals surface area contributed by atoms with Crippen molar-refractivity contribution in [3.05, 3.63) is 120 Å². The summed E-state index contributed by atoms with van der Waals surface area (Å²) in [6.07, 6.45) is -1.43. The van der Waals surface area contributed by atoms with Crippen molar-refractivity contribution >= 4 is 15.7 Å². The van der Waals surface area contributed by atoms with Crippen molar-refractivity contribution in [2.24, 2.45) is 0 Å². The largest absolute Gasteiger partial charge is 0.573 e. The van der Waals surface area contributed by atoms with Gasteiger partial charge >= 0.3 is 6.36 Å². The molecule has 1 atom stereocenters. The second kappa shape index (κ2) is 13.9. The minimum absolute atomic E-state index is 0.0249. The van der Waals surface area contributed by atoms with E-state index in [1.165, 1.54) is 42.5 Å². The lowest BCUT2D eigenvalue weighted by Gasteiger charge is -2.12. The van der Waals surface area contributed by atoms with Crippen LogP contribution in [0.3, 0.4) is 0 Å². The Morgan fingerprint density at radius 2 is 1.73 bits per heavy atom. The smallest absolute Gasteiger partial charge is 0.406 e. The Morgan fingerprint density at radius 3 is 2.44 bits per heavy atom. The Labute approximate surface area is 257 Å². The van der Waals surface area contributed by atoms with Crippen molar-refractivity contribution in [3.63, 3.8) is 0 Å². The third-order valence-corrected chi connectivity index (χ3v) is 7.98. The highest BCUT2D eigenvalue weighted by molar-refractivity contribution is 7.92. The first-order valence-corrected chi connectivity index (χ1v) is 15.2. The number of hydrogen-bond acceptors (Lipinski definition) is 9. The van der Waals surface area contributed by atoms with Crippen LogP contribution in [-0.2, 0) is 22.9 Å².